The van der Waals surface area contributed by atoms with Crippen LogP contribution in [0.4, 0.5) is 0 Å². The summed E-state index contributed by atoms with van der Waals surface area (Å²) in [7, 11) is 0. The average molecular weight is 172 g/mol. The molecule has 1 unspecified atom stereocenters. The lowest BCUT2D eigenvalue weighted by molar-refractivity contribution is 0.0364. The molecule has 1 rings (SSSR count). The third-order valence-corrected chi connectivity index (χ3v) is 2.54. The zero-order valence-electron chi connectivity index (χ0n) is 8.05. The monoisotopic (exact) mass is 172 g/mol. The van der Waals surface area contributed by atoms with E-state index >= 15 is 0 Å². The summed E-state index contributed by atoms with van der Waals surface area (Å²) in [5.74, 6) is 6.18. The van der Waals surface area contributed by atoms with Crippen LogP contribution >= 0.6 is 0 Å². The van der Waals surface area contributed by atoms with Gasteiger partial charge in [0.2, 0.25) is 0 Å². The SMILES string of the molecule is CC(C)OCC(NN)C1CCC1. The Morgan fingerprint density at radius 1 is 1.50 bits per heavy atom. The van der Waals surface area contributed by atoms with Crippen LogP contribution in [0.5, 0.6) is 0 Å². The summed E-state index contributed by atoms with van der Waals surface area (Å²) < 4.78 is 5.51. The van der Waals surface area contributed by atoms with E-state index in [2.05, 4.69) is 5.43 Å². The molecule has 0 aromatic heterocycles. The van der Waals surface area contributed by atoms with Crippen molar-refractivity contribution in [2.75, 3.05) is 6.61 Å². The van der Waals surface area contributed by atoms with Gasteiger partial charge in [-0.15, -0.1) is 0 Å². The fourth-order valence-electron chi connectivity index (χ4n) is 1.46. The maximum absolute atomic E-state index is 5.51. The molecule has 12 heavy (non-hydrogen) atoms. The highest BCUT2D eigenvalue weighted by Crippen LogP contribution is 2.29. The second-order valence-electron chi connectivity index (χ2n) is 3.85. The molecule has 0 heterocycles. The normalized spacial score (nSPS) is 21.0. The van der Waals surface area contributed by atoms with Crippen LogP contribution in [-0.4, -0.2) is 18.8 Å². The van der Waals surface area contributed by atoms with E-state index in [1.807, 2.05) is 13.8 Å². The highest BCUT2D eigenvalue weighted by molar-refractivity contribution is 4.81. The first-order chi connectivity index (χ1) is 5.74. The van der Waals surface area contributed by atoms with Gasteiger partial charge in [-0.1, -0.05) is 6.42 Å². The number of ether oxygens (including phenoxy) is 1. The molecule has 0 aromatic rings. The van der Waals surface area contributed by atoms with Crippen LogP contribution in [0.3, 0.4) is 0 Å². The second kappa shape index (κ2) is 4.80. The standard InChI is InChI=1S/C9H20N2O/c1-7(2)12-6-9(11-10)8-4-3-5-8/h7-9,11H,3-6,10H2,1-2H3. The van der Waals surface area contributed by atoms with Crippen LogP contribution in [0, 0.1) is 5.92 Å². The van der Waals surface area contributed by atoms with Crippen molar-refractivity contribution in [3.05, 3.63) is 0 Å². The number of hydrogen-bond acceptors (Lipinski definition) is 3. The van der Waals surface area contributed by atoms with Crippen molar-refractivity contribution in [2.45, 2.75) is 45.3 Å². The summed E-state index contributed by atoms with van der Waals surface area (Å²) in [4.78, 5) is 0. The van der Waals surface area contributed by atoms with Crippen LogP contribution in [-0.2, 0) is 4.74 Å². The Labute approximate surface area is 74.6 Å². The van der Waals surface area contributed by atoms with E-state index in [1.165, 1.54) is 19.3 Å². The molecule has 3 nitrogen and oxygen atoms in total. The van der Waals surface area contributed by atoms with Gasteiger partial charge >= 0.3 is 0 Å². The van der Waals surface area contributed by atoms with E-state index in [1.54, 1.807) is 0 Å². The first kappa shape index (κ1) is 9.96. The first-order valence-corrected chi connectivity index (χ1v) is 4.81. The zero-order valence-corrected chi connectivity index (χ0v) is 8.05. The minimum absolute atomic E-state index is 0.306. The summed E-state index contributed by atoms with van der Waals surface area (Å²) in [6.07, 6.45) is 4.26. The van der Waals surface area contributed by atoms with Gasteiger partial charge in [0.15, 0.2) is 0 Å². The van der Waals surface area contributed by atoms with Crippen molar-refractivity contribution < 1.29 is 4.74 Å². The van der Waals surface area contributed by atoms with Crippen LogP contribution in [0.2, 0.25) is 0 Å². The fourth-order valence-corrected chi connectivity index (χ4v) is 1.46. The molecule has 0 bridgehead atoms. The van der Waals surface area contributed by atoms with Gasteiger partial charge in [0.1, 0.15) is 0 Å². The molecular formula is C9H20N2O. The molecule has 1 aliphatic rings. The van der Waals surface area contributed by atoms with Gasteiger partial charge in [-0.3, -0.25) is 11.3 Å². The minimum Gasteiger partial charge on any atom is -0.377 e. The van der Waals surface area contributed by atoms with Crippen molar-refractivity contribution in [3.63, 3.8) is 0 Å². The third-order valence-electron chi connectivity index (χ3n) is 2.54. The molecule has 0 spiro atoms. The summed E-state index contributed by atoms with van der Waals surface area (Å²) in [6.45, 7) is 4.85. The quantitative estimate of drug-likeness (QED) is 0.481. The molecule has 1 saturated carbocycles. The molecule has 0 saturated heterocycles. The van der Waals surface area contributed by atoms with Gasteiger partial charge in [0.05, 0.1) is 12.7 Å². The molecule has 1 fully saturated rings. The summed E-state index contributed by atoms with van der Waals surface area (Å²) in [5, 5.41) is 0. The van der Waals surface area contributed by atoms with Crippen molar-refractivity contribution in [3.8, 4) is 0 Å². The Kier molecular flexibility index (Phi) is 3.98. The highest BCUT2D eigenvalue weighted by atomic mass is 16.5. The molecule has 0 aromatic carbocycles. The van der Waals surface area contributed by atoms with Gasteiger partial charge in [-0.25, -0.2) is 0 Å². The van der Waals surface area contributed by atoms with E-state index in [0.717, 1.165) is 12.5 Å². The average Bonchev–Trinajstić information content (AvgIpc) is 1.93. The summed E-state index contributed by atoms with van der Waals surface area (Å²) >= 11 is 0. The lowest BCUT2D eigenvalue weighted by atomic mass is 9.80. The maximum atomic E-state index is 5.51. The molecule has 3 heteroatoms. The molecule has 1 atom stereocenters. The Bertz CT molecular complexity index is 124. The van der Waals surface area contributed by atoms with Gasteiger partial charge in [0, 0.05) is 6.04 Å². The van der Waals surface area contributed by atoms with Crippen molar-refractivity contribution in [1.82, 2.24) is 5.43 Å². The van der Waals surface area contributed by atoms with Crippen LogP contribution in [0.1, 0.15) is 33.1 Å². The van der Waals surface area contributed by atoms with E-state index in [-0.39, 0.29) is 0 Å². The minimum atomic E-state index is 0.306. The molecule has 72 valence electrons. The molecule has 0 aliphatic heterocycles. The topological polar surface area (TPSA) is 47.3 Å². The Morgan fingerprint density at radius 2 is 2.17 bits per heavy atom. The lowest BCUT2D eigenvalue weighted by Gasteiger charge is -2.33. The van der Waals surface area contributed by atoms with Gasteiger partial charge < -0.3 is 4.74 Å². The Balaban J connectivity index is 2.15. The van der Waals surface area contributed by atoms with Gasteiger partial charge in [0.25, 0.3) is 0 Å². The molecule has 0 radical (unpaired) electrons. The third kappa shape index (κ3) is 2.73. The van der Waals surface area contributed by atoms with Crippen molar-refractivity contribution in [2.24, 2.45) is 11.8 Å². The number of nitrogens with one attached hydrogen (secondary N) is 1. The molecule has 0 amide bonds. The zero-order chi connectivity index (χ0) is 8.97. The van der Waals surface area contributed by atoms with Crippen LogP contribution in [0.25, 0.3) is 0 Å². The Morgan fingerprint density at radius 3 is 2.50 bits per heavy atom. The van der Waals surface area contributed by atoms with E-state index in [0.29, 0.717) is 12.1 Å². The van der Waals surface area contributed by atoms with E-state index in [4.69, 9.17) is 10.6 Å². The van der Waals surface area contributed by atoms with E-state index in [9.17, 15) is 0 Å². The fraction of sp³-hybridized carbons (Fsp3) is 1.00. The Hall–Kier alpha value is -0.120. The highest BCUT2D eigenvalue weighted by Gasteiger charge is 2.26. The van der Waals surface area contributed by atoms with Gasteiger partial charge in [-0.2, -0.15) is 0 Å². The number of hydrazine groups is 1. The number of rotatable bonds is 5. The van der Waals surface area contributed by atoms with Crippen molar-refractivity contribution in [1.29, 1.82) is 0 Å². The van der Waals surface area contributed by atoms with Crippen LogP contribution < -0.4 is 11.3 Å². The maximum Gasteiger partial charge on any atom is 0.0639 e. The molecular weight excluding hydrogens is 152 g/mol. The van der Waals surface area contributed by atoms with E-state index < -0.39 is 0 Å². The molecule has 1 aliphatic carbocycles. The number of nitrogens with two attached hydrogens (primary N) is 1. The predicted molar refractivity (Wildman–Crippen MR) is 49.5 cm³/mol. The van der Waals surface area contributed by atoms with Gasteiger partial charge in [-0.05, 0) is 32.6 Å². The number of hydrogen-bond donors (Lipinski definition) is 2. The van der Waals surface area contributed by atoms with Crippen LogP contribution in [0.15, 0.2) is 0 Å². The van der Waals surface area contributed by atoms with Crippen molar-refractivity contribution >= 4 is 0 Å². The largest absolute Gasteiger partial charge is 0.377 e. The molecule has 3 N–H and O–H groups in total. The first-order valence-electron chi connectivity index (χ1n) is 4.81. The predicted octanol–water partition coefficient (Wildman–Crippen LogP) is 1.04. The second-order valence-corrected chi connectivity index (χ2v) is 3.85. The lowest BCUT2D eigenvalue weighted by Crippen LogP contribution is -2.46. The summed E-state index contributed by atoms with van der Waals surface area (Å²) in [5.41, 5.74) is 2.83. The smallest absolute Gasteiger partial charge is 0.0639 e. The summed E-state index contributed by atoms with van der Waals surface area (Å²) in [6, 6.07) is 0.362.